The largest absolute Gasteiger partial charge is 0.469 e. The van der Waals surface area contributed by atoms with E-state index in [1.807, 2.05) is 19.1 Å². The summed E-state index contributed by atoms with van der Waals surface area (Å²) in [7, 11) is 0. The highest BCUT2D eigenvalue weighted by molar-refractivity contribution is 9.10. The fourth-order valence-corrected chi connectivity index (χ4v) is 2.54. The molecule has 0 aliphatic heterocycles. The monoisotopic (exact) mass is 379 g/mol. The van der Waals surface area contributed by atoms with Crippen LogP contribution in [0.1, 0.15) is 24.7 Å². The number of furan rings is 1. The highest BCUT2D eigenvalue weighted by Crippen LogP contribution is 2.23. The Kier molecular flexibility index (Phi) is 5.98. The number of rotatable bonds is 6. The number of hydrogen-bond acceptors (Lipinski definition) is 4. The summed E-state index contributed by atoms with van der Waals surface area (Å²) in [6, 6.07) is 9.13. The summed E-state index contributed by atoms with van der Waals surface area (Å²) in [4.78, 5) is 23.9. The van der Waals surface area contributed by atoms with Crippen LogP contribution in [0.15, 0.2) is 45.5 Å². The molecular formula is C17H18BrNO4. The molecule has 6 heteroatoms. The predicted molar refractivity (Wildman–Crippen MR) is 90.1 cm³/mol. The van der Waals surface area contributed by atoms with E-state index in [0.29, 0.717) is 17.9 Å². The van der Waals surface area contributed by atoms with E-state index in [2.05, 4.69) is 21.2 Å². The zero-order chi connectivity index (χ0) is 16.8. The molecule has 1 N–H and O–H groups in total. The number of ether oxygens (including phenoxy) is 1. The van der Waals surface area contributed by atoms with Gasteiger partial charge in [0, 0.05) is 10.9 Å². The van der Waals surface area contributed by atoms with E-state index < -0.39 is 12.1 Å². The van der Waals surface area contributed by atoms with Crippen molar-refractivity contribution >= 4 is 33.5 Å². The minimum absolute atomic E-state index is 0.166. The maximum atomic E-state index is 12.1. The molecule has 1 aromatic carbocycles. The lowest BCUT2D eigenvalue weighted by Gasteiger charge is -2.14. The highest BCUT2D eigenvalue weighted by atomic mass is 79.9. The zero-order valence-corrected chi connectivity index (χ0v) is 14.6. The summed E-state index contributed by atoms with van der Waals surface area (Å²) in [5.41, 5.74) is 1.71. The van der Waals surface area contributed by atoms with E-state index in [4.69, 9.17) is 9.15 Å². The first-order valence-electron chi connectivity index (χ1n) is 7.24. The summed E-state index contributed by atoms with van der Waals surface area (Å²) in [5, 5.41) is 2.73. The summed E-state index contributed by atoms with van der Waals surface area (Å²) in [6.45, 7) is 3.50. The molecule has 2 rings (SSSR count). The van der Waals surface area contributed by atoms with Crippen molar-refractivity contribution in [2.75, 3.05) is 5.32 Å². The summed E-state index contributed by atoms with van der Waals surface area (Å²) >= 11 is 3.39. The first-order chi connectivity index (χ1) is 11.0. The molecule has 122 valence electrons. The first kappa shape index (κ1) is 17.3. The van der Waals surface area contributed by atoms with Gasteiger partial charge in [0.15, 0.2) is 6.10 Å². The Morgan fingerprint density at radius 2 is 2.13 bits per heavy atom. The van der Waals surface area contributed by atoms with E-state index in [0.717, 1.165) is 10.0 Å². The van der Waals surface area contributed by atoms with Gasteiger partial charge in [-0.1, -0.05) is 6.07 Å². The molecule has 1 amide bonds. The number of anilines is 1. The third-order valence-electron chi connectivity index (χ3n) is 3.22. The number of nitrogens with one attached hydrogen (secondary N) is 1. The van der Waals surface area contributed by atoms with Gasteiger partial charge in [-0.25, -0.2) is 0 Å². The number of carbonyl (C=O) groups is 2. The van der Waals surface area contributed by atoms with Gasteiger partial charge in [0.2, 0.25) is 0 Å². The molecule has 0 bridgehead atoms. The maximum absolute atomic E-state index is 12.1. The number of hydrogen-bond donors (Lipinski definition) is 1. The Hall–Kier alpha value is -2.08. The molecule has 23 heavy (non-hydrogen) atoms. The van der Waals surface area contributed by atoms with Crippen molar-refractivity contribution in [1.29, 1.82) is 0 Å². The van der Waals surface area contributed by atoms with Crippen LogP contribution >= 0.6 is 15.9 Å². The summed E-state index contributed by atoms with van der Waals surface area (Å²) < 4.78 is 11.1. The van der Waals surface area contributed by atoms with Crippen LogP contribution in [0.4, 0.5) is 5.69 Å². The number of amides is 1. The van der Waals surface area contributed by atoms with E-state index in [1.165, 1.54) is 0 Å². The minimum atomic E-state index is -0.868. The molecule has 0 unspecified atom stereocenters. The van der Waals surface area contributed by atoms with Crippen LogP contribution in [0.2, 0.25) is 0 Å². The van der Waals surface area contributed by atoms with E-state index in [9.17, 15) is 9.59 Å². The Morgan fingerprint density at radius 1 is 1.35 bits per heavy atom. The average Bonchev–Trinajstić information content (AvgIpc) is 3.01. The van der Waals surface area contributed by atoms with Crippen LogP contribution in [0, 0.1) is 6.92 Å². The number of halogens is 1. The molecule has 0 aliphatic carbocycles. The third kappa shape index (κ3) is 5.25. The molecule has 0 spiro atoms. The Morgan fingerprint density at radius 3 is 2.78 bits per heavy atom. The summed E-state index contributed by atoms with van der Waals surface area (Å²) in [5.74, 6) is -0.101. The van der Waals surface area contributed by atoms with Crippen LogP contribution in [-0.2, 0) is 20.7 Å². The third-order valence-corrected chi connectivity index (χ3v) is 3.87. The van der Waals surface area contributed by atoms with Crippen molar-refractivity contribution in [3.8, 4) is 0 Å². The number of carbonyl (C=O) groups excluding carboxylic acids is 2. The van der Waals surface area contributed by atoms with Gasteiger partial charge < -0.3 is 14.5 Å². The first-order valence-corrected chi connectivity index (χ1v) is 8.04. The second kappa shape index (κ2) is 7.97. The highest BCUT2D eigenvalue weighted by Gasteiger charge is 2.18. The van der Waals surface area contributed by atoms with E-state index in [1.54, 1.807) is 31.4 Å². The van der Waals surface area contributed by atoms with Gasteiger partial charge in [-0.05, 0) is 59.6 Å². The molecule has 0 fully saturated rings. The molecular weight excluding hydrogens is 362 g/mol. The van der Waals surface area contributed by atoms with Crippen molar-refractivity contribution in [3.05, 3.63) is 52.4 Å². The van der Waals surface area contributed by atoms with Crippen LogP contribution in [0.25, 0.3) is 0 Å². The Balaban J connectivity index is 1.83. The zero-order valence-electron chi connectivity index (χ0n) is 13.0. The number of benzene rings is 1. The second-order valence-corrected chi connectivity index (χ2v) is 6.04. The van der Waals surface area contributed by atoms with Crippen LogP contribution < -0.4 is 5.32 Å². The lowest BCUT2D eigenvalue weighted by atomic mass is 10.2. The fourth-order valence-electron chi connectivity index (χ4n) is 1.95. The molecule has 0 aliphatic rings. The Labute approximate surface area is 143 Å². The van der Waals surface area contributed by atoms with Gasteiger partial charge in [-0.15, -0.1) is 0 Å². The van der Waals surface area contributed by atoms with Crippen LogP contribution in [0.5, 0.6) is 0 Å². The topological polar surface area (TPSA) is 68.5 Å². The molecule has 0 radical (unpaired) electrons. The van der Waals surface area contributed by atoms with Crippen molar-refractivity contribution < 1.29 is 18.7 Å². The van der Waals surface area contributed by atoms with Gasteiger partial charge >= 0.3 is 5.97 Å². The maximum Gasteiger partial charge on any atom is 0.307 e. The van der Waals surface area contributed by atoms with Crippen LogP contribution in [0.3, 0.4) is 0 Å². The van der Waals surface area contributed by atoms with Crippen molar-refractivity contribution in [1.82, 2.24) is 0 Å². The molecule has 2 aromatic rings. The van der Waals surface area contributed by atoms with Gasteiger partial charge in [0.05, 0.1) is 18.4 Å². The van der Waals surface area contributed by atoms with Crippen molar-refractivity contribution in [2.45, 2.75) is 32.8 Å². The van der Waals surface area contributed by atoms with Gasteiger partial charge in [-0.3, -0.25) is 9.59 Å². The second-order valence-electron chi connectivity index (χ2n) is 5.18. The van der Waals surface area contributed by atoms with E-state index in [-0.39, 0.29) is 12.3 Å². The standard InChI is InChI=1S/C17H18BrNO4/c1-11-5-7-15(14(18)10-11)19-17(21)12(2)23-16(20)8-6-13-4-3-9-22-13/h3-5,7,9-10,12H,6,8H2,1-2H3,(H,19,21)/t12-/m0/s1. The van der Waals surface area contributed by atoms with Crippen molar-refractivity contribution in [2.24, 2.45) is 0 Å². The normalized spacial score (nSPS) is 11.8. The lowest BCUT2D eigenvalue weighted by Crippen LogP contribution is -2.30. The molecule has 1 aromatic heterocycles. The minimum Gasteiger partial charge on any atom is -0.469 e. The molecule has 1 heterocycles. The molecule has 1 atom stereocenters. The van der Waals surface area contributed by atoms with Gasteiger partial charge in [0.1, 0.15) is 5.76 Å². The molecule has 0 saturated heterocycles. The SMILES string of the molecule is Cc1ccc(NC(=O)[C@H](C)OC(=O)CCc2ccco2)c(Br)c1. The Bertz CT molecular complexity index is 682. The van der Waals surface area contributed by atoms with E-state index >= 15 is 0 Å². The van der Waals surface area contributed by atoms with Gasteiger partial charge in [0.25, 0.3) is 5.91 Å². The quantitative estimate of drug-likeness (QED) is 0.773. The van der Waals surface area contributed by atoms with Gasteiger partial charge in [-0.2, -0.15) is 0 Å². The average molecular weight is 380 g/mol. The number of aryl methyl sites for hydroxylation is 2. The van der Waals surface area contributed by atoms with Crippen LogP contribution in [-0.4, -0.2) is 18.0 Å². The molecule has 5 nitrogen and oxygen atoms in total. The fraction of sp³-hybridized carbons (Fsp3) is 0.294. The number of esters is 1. The summed E-state index contributed by atoms with van der Waals surface area (Å²) in [6.07, 6.45) is 1.30. The molecule has 0 saturated carbocycles. The lowest BCUT2D eigenvalue weighted by molar-refractivity contribution is -0.153. The predicted octanol–water partition coefficient (Wildman–Crippen LogP) is 3.85. The van der Waals surface area contributed by atoms with Crippen molar-refractivity contribution in [3.63, 3.8) is 0 Å². The smallest absolute Gasteiger partial charge is 0.307 e.